The summed E-state index contributed by atoms with van der Waals surface area (Å²) in [4.78, 5) is 11.6. The van der Waals surface area contributed by atoms with E-state index < -0.39 is 5.97 Å². The van der Waals surface area contributed by atoms with Gasteiger partial charge in [-0.25, -0.2) is 9.18 Å². The Morgan fingerprint density at radius 3 is 2.58 bits per heavy atom. The SMILES string of the molecule is C=C(C)C(=O)Oc1ccccc1-c1cccc(F)c1. The van der Waals surface area contributed by atoms with Crippen molar-refractivity contribution in [3.8, 4) is 16.9 Å². The molecule has 2 aromatic carbocycles. The van der Waals surface area contributed by atoms with Crippen LogP contribution < -0.4 is 4.74 Å². The minimum atomic E-state index is -0.496. The van der Waals surface area contributed by atoms with Gasteiger partial charge in [-0.3, -0.25) is 0 Å². The molecule has 0 amide bonds. The summed E-state index contributed by atoms with van der Waals surface area (Å²) in [6.45, 7) is 5.11. The van der Waals surface area contributed by atoms with Gasteiger partial charge in [0.05, 0.1) is 0 Å². The van der Waals surface area contributed by atoms with Gasteiger partial charge < -0.3 is 4.74 Å². The minimum absolute atomic E-state index is 0.314. The molecule has 2 rings (SSSR count). The molecule has 96 valence electrons. The second-order valence-electron chi connectivity index (χ2n) is 4.18. The van der Waals surface area contributed by atoms with Crippen LogP contribution in [0.4, 0.5) is 4.39 Å². The zero-order chi connectivity index (χ0) is 13.8. The Hall–Kier alpha value is -2.42. The highest BCUT2D eigenvalue weighted by atomic mass is 19.1. The van der Waals surface area contributed by atoms with Gasteiger partial charge >= 0.3 is 5.97 Å². The third kappa shape index (κ3) is 3.07. The number of hydrogen-bond acceptors (Lipinski definition) is 2. The van der Waals surface area contributed by atoms with Crippen LogP contribution in [0.2, 0.25) is 0 Å². The van der Waals surface area contributed by atoms with Crippen molar-refractivity contribution in [2.45, 2.75) is 6.92 Å². The van der Waals surface area contributed by atoms with Gasteiger partial charge in [0.25, 0.3) is 0 Å². The summed E-state index contributed by atoms with van der Waals surface area (Å²) in [5.74, 6) is -0.441. The van der Waals surface area contributed by atoms with Crippen LogP contribution in [0.3, 0.4) is 0 Å². The molecule has 0 bridgehead atoms. The molecule has 0 aliphatic carbocycles. The molecule has 19 heavy (non-hydrogen) atoms. The lowest BCUT2D eigenvalue weighted by atomic mass is 10.0. The minimum Gasteiger partial charge on any atom is -0.423 e. The van der Waals surface area contributed by atoms with E-state index >= 15 is 0 Å². The first kappa shape index (κ1) is 13.0. The molecule has 0 fully saturated rings. The van der Waals surface area contributed by atoms with Crippen molar-refractivity contribution < 1.29 is 13.9 Å². The summed E-state index contributed by atoms with van der Waals surface area (Å²) in [7, 11) is 0. The van der Waals surface area contributed by atoms with Gasteiger partial charge in [0.2, 0.25) is 0 Å². The van der Waals surface area contributed by atoms with Crippen molar-refractivity contribution in [1.29, 1.82) is 0 Å². The van der Waals surface area contributed by atoms with Crippen molar-refractivity contribution in [2.24, 2.45) is 0 Å². The predicted molar refractivity (Wildman–Crippen MR) is 72.3 cm³/mol. The Morgan fingerprint density at radius 1 is 1.16 bits per heavy atom. The average molecular weight is 256 g/mol. The highest BCUT2D eigenvalue weighted by molar-refractivity contribution is 5.90. The summed E-state index contributed by atoms with van der Waals surface area (Å²) in [5.41, 5.74) is 1.63. The molecule has 0 atom stereocenters. The van der Waals surface area contributed by atoms with Gasteiger partial charge in [0.1, 0.15) is 11.6 Å². The topological polar surface area (TPSA) is 26.3 Å². The fourth-order valence-corrected chi connectivity index (χ4v) is 1.64. The molecule has 0 heterocycles. The van der Waals surface area contributed by atoms with E-state index in [4.69, 9.17) is 4.74 Å². The summed E-state index contributed by atoms with van der Waals surface area (Å²) < 4.78 is 18.5. The third-order valence-electron chi connectivity index (χ3n) is 2.57. The number of benzene rings is 2. The molecule has 3 heteroatoms. The molecule has 0 aliphatic rings. The molecule has 0 saturated carbocycles. The van der Waals surface area contributed by atoms with E-state index in [-0.39, 0.29) is 5.82 Å². The number of para-hydroxylation sites is 1. The van der Waals surface area contributed by atoms with Crippen LogP contribution >= 0.6 is 0 Å². The van der Waals surface area contributed by atoms with Crippen LogP contribution in [0.1, 0.15) is 6.92 Å². The molecule has 0 N–H and O–H groups in total. The smallest absolute Gasteiger partial charge is 0.338 e. The number of rotatable bonds is 3. The van der Waals surface area contributed by atoms with Crippen LogP contribution in [0.5, 0.6) is 5.75 Å². The fourth-order valence-electron chi connectivity index (χ4n) is 1.64. The third-order valence-corrected chi connectivity index (χ3v) is 2.57. The van der Waals surface area contributed by atoms with Gasteiger partial charge in [-0.2, -0.15) is 0 Å². The van der Waals surface area contributed by atoms with Gasteiger partial charge in [-0.05, 0) is 30.7 Å². The molecule has 2 nitrogen and oxygen atoms in total. The summed E-state index contributed by atoms with van der Waals surface area (Å²) in [6, 6.07) is 13.1. The average Bonchev–Trinajstić information content (AvgIpc) is 2.39. The summed E-state index contributed by atoms with van der Waals surface area (Å²) in [5, 5.41) is 0. The van der Waals surface area contributed by atoms with Gasteiger partial charge in [0, 0.05) is 11.1 Å². The van der Waals surface area contributed by atoms with Crippen LogP contribution in [-0.2, 0) is 4.79 Å². The number of carbonyl (C=O) groups is 1. The van der Waals surface area contributed by atoms with Crippen LogP contribution in [0, 0.1) is 5.82 Å². The highest BCUT2D eigenvalue weighted by Gasteiger charge is 2.11. The Bertz CT molecular complexity index is 632. The van der Waals surface area contributed by atoms with Crippen LogP contribution in [-0.4, -0.2) is 5.97 Å². The van der Waals surface area contributed by atoms with Gasteiger partial charge in [-0.15, -0.1) is 0 Å². The second-order valence-corrected chi connectivity index (χ2v) is 4.18. The Kier molecular flexibility index (Phi) is 3.76. The van der Waals surface area contributed by atoms with Crippen molar-refractivity contribution in [3.05, 3.63) is 66.5 Å². The van der Waals surface area contributed by atoms with Gasteiger partial charge in [0.15, 0.2) is 0 Å². The monoisotopic (exact) mass is 256 g/mol. The fraction of sp³-hybridized carbons (Fsp3) is 0.0625. The van der Waals surface area contributed by atoms with E-state index in [2.05, 4.69) is 6.58 Å². The van der Waals surface area contributed by atoms with Crippen molar-refractivity contribution in [2.75, 3.05) is 0 Å². The first-order valence-electron chi connectivity index (χ1n) is 5.80. The standard InChI is InChI=1S/C16H13FO2/c1-11(2)16(18)19-15-9-4-3-8-14(15)12-6-5-7-13(17)10-12/h3-10H,1H2,2H3. The quantitative estimate of drug-likeness (QED) is 0.472. The maximum absolute atomic E-state index is 13.3. The van der Waals surface area contributed by atoms with Crippen molar-refractivity contribution >= 4 is 5.97 Å². The zero-order valence-electron chi connectivity index (χ0n) is 10.5. The van der Waals surface area contributed by atoms with E-state index in [0.717, 1.165) is 0 Å². The van der Waals surface area contributed by atoms with E-state index in [0.29, 0.717) is 22.4 Å². The lowest BCUT2D eigenvalue weighted by Crippen LogP contribution is -2.08. The van der Waals surface area contributed by atoms with Gasteiger partial charge in [-0.1, -0.05) is 36.9 Å². The predicted octanol–water partition coefficient (Wildman–Crippen LogP) is 3.97. The number of ether oxygens (including phenoxy) is 1. The Morgan fingerprint density at radius 2 is 1.89 bits per heavy atom. The molecule has 0 spiro atoms. The Labute approximate surface area is 111 Å². The van der Waals surface area contributed by atoms with E-state index in [1.54, 1.807) is 43.3 Å². The molecule has 2 aromatic rings. The molecular weight excluding hydrogens is 243 g/mol. The molecule has 0 aromatic heterocycles. The first-order chi connectivity index (χ1) is 9.08. The maximum Gasteiger partial charge on any atom is 0.338 e. The first-order valence-corrected chi connectivity index (χ1v) is 5.80. The van der Waals surface area contributed by atoms with E-state index in [9.17, 15) is 9.18 Å². The zero-order valence-corrected chi connectivity index (χ0v) is 10.5. The molecular formula is C16H13FO2. The highest BCUT2D eigenvalue weighted by Crippen LogP contribution is 2.30. The molecule has 0 saturated heterocycles. The molecule has 0 aliphatic heterocycles. The van der Waals surface area contributed by atoms with Crippen molar-refractivity contribution in [3.63, 3.8) is 0 Å². The Balaban J connectivity index is 2.41. The van der Waals surface area contributed by atoms with E-state index in [1.165, 1.54) is 12.1 Å². The molecule has 0 radical (unpaired) electrons. The second kappa shape index (κ2) is 5.48. The van der Waals surface area contributed by atoms with Crippen molar-refractivity contribution in [1.82, 2.24) is 0 Å². The van der Waals surface area contributed by atoms with Crippen LogP contribution in [0.15, 0.2) is 60.7 Å². The lowest BCUT2D eigenvalue weighted by Gasteiger charge is -2.10. The summed E-state index contributed by atoms with van der Waals surface area (Å²) in [6.07, 6.45) is 0. The largest absolute Gasteiger partial charge is 0.423 e. The molecule has 0 unspecified atom stereocenters. The number of hydrogen-bond donors (Lipinski definition) is 0. The number of esters is 1. The van der Waals surface area contributed by atoms with E-state index in [1.807, 2.05) is 0 Å². The normalized spacial score (nSPS) is 10.0. The summed E-state index contributed by atoms with van der Waals surface area (Å²) >= 11 is 0. The van der Waals surface area contributed by atoms with Crippen LogP contribution in [0.25, 0.3) is 11.1 Å². The maximum atomic E-state index is 13.3. The number of halogens is 1. The lowest BCUT2D eigenvalue weighted by molar-refractivity contribution is -0.130. The number of carbonyl (C=O) groups excluding carboxylic acids is 1.